The summed E-state index contributed by atoms with van der Waals surface area (Å²) in [5.41, 5.74) is 4.16. The van der Waals surface area contributed by atoms with Crippen molar-refractivity contribution in [1.29, 1.82) is 10.5 Å². The van der Waals surface area contributed by atoms with Gasteiger partial charge in [-0.05, 0) is 54.5 Å². The molecule has 1 aliphatic carbocycles. The molecule has 4 heteroatoms. The zero-order valence-electron chi connectivity index (χ0n) is 11.4. The van der Waals surface area contributed by atoms with Crippen LogP contribution in [0.15, 0.2) is 29.1 Å². The molecule has 3 rings (SSSR count). The third-order valence-electron chi connectivity index (χ3n) is 3.95. The van der Waals surface area contributed by atoms with Crippen LogP contribution in [0, 0.1) is 22.7 Å². The van der Waals surface area contributed by atoms with Crippen molar-refractivity contribution in [2.24, 2.45) is 0 Å². The number of aromatic amines is 1. The Bertz CT molecular complexity index is 833. The van der Waals surface area contributed by atoms with Crippen molar-refractivity contribution in [2.75, 3.05) is 0 Å². The van der Waals surface area contributed by atoms with E-state index in [1.54, 1.807) is 12.1 Å². The Morgan fingerprint density at radius 3 is 2.24 bits per heavy atom. The van der Waals surface area contributed by atoms with Gasteiger partial charge in [-0.25, -0.2) is 0 Å². The average molecular weight is 275 g/mol. The van der Waals surface area contributed by atoms with E-state index in [4.69, 9.17) is 5.26 Å². The first-order valence-corrected chi connectivity index (χ1v) is 6.93. The Kier molecular flexibility index (Phi) is 3.30. The van der Waals surface area contributed by atoms with Crippen LogP contribution < -0.4 is 5.56 Å². The van der Waals surface area contributed by atoms with Gasteiger partial charge in [0.2, 0.25) is 0 Å². The number of rotatable bonds is 1. The lowest BCUT2D eigenvalue weighted by molar-refractivity contribution is 0.680. The van der Waals surface area contributed by atoms with Crippen LogP contribution in [0.25, 0.3) is 11.3 Å². The monoisotopic (exact) mass is 275 g/mol. The first-order chi connectivity index (χ1) is 10.2. The lowest BCUT2D eigenvalue weighted by Gasteiger charge is -2.20. The van der Waals surface area contributed by atoms with Crippen molar-refractivity contribution in [3.8, 4) is 23.4 Å². The molecule has 1 heterocycles. The summed E-state index contributed by atoms with van der Waals surface area (Å²) in [6.07, 6.45) is 3.73. The molecule has 0 spiro atoms. The molecule has 0 radical (unpaired) electrons. The molecule has 0 atom stereocenters. The fourth-order valence-electron chi connectivity index (χ4n) is 2.92. The minimum atomic E-state index is -0.322. The minimum absolute atomic E-state index is 0.252. The van der Waals surface area contributed by atoms with Crippen molar-refractivity contribution in [3.63, 3.8) is 0 Å². The lowest BCUT2D eigenvalue weighted by Crippen LogP contribution is -2.20. The van der Waals surface area contributed by atoms with E-state index in [0.29, 0.717) is 5.56 Å². The van der Waals surface area contributed by atoms with E-state index < -0.39 is 0 Å². The molecule has 0 aliphatic heterocycles. The molecule has 2 aromatic rings. The van der Waals surface area contributed by atoms with Gasteiger partial charge >= 0.3 is 0 Å². The molecular weight excluding hydrogens is 262 g/mol. The smallest absolute Gasteiger partial charge is 0.266 e. The summed E-state index contributed by atoms with van der Waals surface area (Å²) in [4.78, 5) is 15.0. The summed E-state index contributed by atoms with van der Waals surface area (Å²) < 4.78 is 0. The number of pyridine rings is 1. The second-order valence-corrected chi connectivity index (χ2v) is 5.17. The van der Waals surface area contributed by atoms with Crippen molar-refractivity contribution in [3.05, 3.63) is 56.9 Å². The Morgan fingerprint density at radius 2 is 1.62 bits per heavy atom. The van der Waals surface area contributed by atoms with Gasteiger partial charge in [-0.1, -0.05) is 12.1 Å². The van der Waals surface area contributed by atoms with Gasteiger partial charge < -0.3 is 4.98 Å². The summed E-state index contributed by atoms with van der Waals surface area (Å²) in [6, 6.07) is 11.3. The van der Waals surface area contributed by atoms with Crippen LogP contribution in [0.4, 0.5) is 0 Å². The maximum atomic E-state index is 12.1. The highest BCUT2D eigenvalue weighted by atomic mass is 16.1. The highest BCUT2D eigenvalue weighted by Crippen LogP contribution is 2.30. The zero-order valence-corrected chi connectivity index (χ0v) is 11.4. The number of aromatic nitrogens is 1. The van der Waals surface area contributed by atoms with E-state index in [9.17, 15) is 10.1 Å². The zero-order chi connectivity index (χ0) is 14.8. The molecule has 0 fully saturated rings. The molecule has 4 nitrogen and oxygen atoms in total. The molecule has 0 saturated carbocycles. The van der Waals surface area contributed by atoms with E-state index in [-0.39, 0.29) is 11.1 Å². The van der Waals surface area contributed by atoms with E-state index in [1.165, 1.54) is 0 Å². The molecule has 1 aromatic carbocycles. The normalized spacial score (nSPS) is 13.0. The maximum Gasteiger partial charge on any atom is 0.266 e. The number of fused-ring (bicyclic) bond motifs is 1. The predicted molar refractivity (Wildman–Crippen MR) is 78.6 cm³/mol. The minimum Gasteiger partial charge on any atom is -0.321 e. The van der Waals surface area contributed by atoms with Crippen molar-refractivity contribution in [2.45, 2.75) is 25.7 Å². The van der Waals surface area contributed by atoms with E-state index in [1.807, 2.05) is 18.2 Å². The molecule has 1 aromatic heterocycles. The molecular formula is C17H13N3O. The number of benzene rings is 1. The van der Waals surface area contributed by atoms with Gasteiger partial charge in [0, 0.05) is 0 Å². The SMILES string of the molecule is N#Cc1ccc(-c2[nH]c(=O)c(C#N)c3c2CCCC3)cc1. The van der Waals surface area contributed by atoms with Gasteiger partial charge in [0.05, 0.1) is 17.3 Å². The van der Waals surface area contributed by atoms with Crippen LogP contribution in [0.5, 0.6) is 0 Å². The van der Waals surface area contributed by atoms with Gasteiger partial charge in [0.1, 0.15) is 11.6 Å². The number of hydrogen-bond acceptors (Lipinski definition) is 3. The first-order valence-electron chi connectivity index (χ1n) is 6.93. The topological polar surface area (TPSA) is 80.4 Å². The molecule has 0 amide bonds. The number of nitrogens with zero attached hydrogens (tertiary/aromatic N) is 2. The van der Waals surface area contributed by atoms with Crippen molar-refractivity contribution >= 4 is 0 Å². The largest absolute Gasteiger partial charge is 0.321 e. The maximum absolute atomic E-state index is 12.1. The van der Waals surface area contributed by atoms with Crippen LogP contribution in [-0.2, 0) is 12.8 Å². The van der Waals surface area contributed by atoms with E-state index in [0.717, 1.165) is 48.1 Å². The molecule has 102 valence electrons. The Labute approximate surface area is 122 Å². The lowest BCUT2D eigenvalue weighted by atomic mass is 9.86. The van der Waals surface area contributed by atoms with Crippen LogP contribution >= 0.6 is 0 Å². The molecule has 1 N–H and O–H groups in total. The second kappa shape index (κ2) is 5.26. The number of H-pyrrole nitrogens is 1. The van der Waals surface area contributed by atoms with Gasteiger partial charge in [-0.2, -0.15) is 10.5 Å². The van der Waals surface area contributed by atoms with Crippen molar-refractivity contribution in [1.82, 2.24) is 4.98 Å². The summed E-state index contributed by atoms with van der Waals surface area (Å²) in [5.74, 6) is 0. The van der Waals surface area contributed by atoms with Crippen LogP contribution in [0.1, 0.15) is 35.1 Å². The third kappa shape index (κ3) is 2.22. The highest BCUT2D eigenvalue weighted by Gasteiger charge is 2.20. The van der Waals surface area contributed by atoms with Crippen LogP contribution in [0.2, 0.25) is 0 Å². The second-order valence-electron chi connectivity index (χ2n) is 5.17. The fourth-order valence-corrected chi connectivity index (χ4v) is 2.92. The Hall–Kier alpha value is -2.85. The van der Waals surface area contributed by atoms with E-state index in [2.05, 4.69) is 11.1 Å². The van der Waals surface area contributed by atoms with Crippen LogP contribution in [0.3, 0.4) is 0 Å². The fraction of sp³-hybridized carbons (Fsp3) is 0.235. The van der Waals surface area contributed by atoms with Crippen molar-refractivity contribution < 1.29 is 0 Å². The third-order valence-corrected chi connectivity index (χ3v) is 3.95. The van der Waals surface area contributed by atoms with E-state index >= 15 is 0 Å². The summed E-state index contributed by atoms with van der Waals surface area (Å²) >= 11 is 0. The predicted octanol–water partition coefficient (Wildman–Crippen LogP) is 2.66. The quantitative estimate of drug-likeness (QED) is 0.868. The number of nitriles is 2. The first kappa shape index (κ1) is 13.1. The van der Waals surface area contributed by atoms with Gasteiger partial charge in [0.25, 0.3) is 5.56 Å². The molecule has 0 bridgehead atoms. The Morgan fingerprint density at radius 1 is 0.952 bits per heavy atom. The highest BCUT2D eigenvalue weighted by molar-refractivity contribution is 5.67. The van der Waals surface area contributed by atoms with Gasteiger partial charge in [-0.15, -0.1) is 0 Å². The summed E-state index contributed by atoms with van der Waals surface area (Å²) in [5, 5.41) is 18.1. The van der Waals surface area contributed by atoms with Gasteiger partial charge in [-0.3, -0.25) is 4.79 Å². The number of nitrogens with one attached hydrogen (secondary N) is 1. The van der Waals surface area contributed by atoms with Crippen LogP contribution in [-0.4, -0.2) is 4.98 Å². The molecule has 0 saturated heterocycles. The molecule has 1 aliphatic rings. The summed E-state index contributed by atoms with van der Waals surface area (Å²) in [6.45, 7) is 0. The molecule has 21 heavy (non-hydrogen) atoms. The average Bonchev–Trinajstić information content (AvgIpc) is 2.54. The standard InChI is InChI=1S/C17H13N3O/c18-9-11-5-7-12(8-6-11)16-14-4-2-1-3-13(14)15(10-19)17(21)20-16/h5-8H,1-4H2,(H,20,21). The summed E-state index contributed by atoms with van der Waals surface area (Å²) in [7, 11) is 0. The Balaban J connectivity index is 2.23. The number of hydrogen-bond donors (Lipinski definition) is 1. The van der Waals surface area contributed by atoms with Gasteiger partial charge in [0.15, 0.2) is 0 Å². The molecule has 0 unspecified atom stereocenters.